The van der Waals surface area contributed by atoms with Crippen molar-refractivity contribution in [3.63, 3.8) is 0 Å². The first-order valence-electron chi connectivity index (χ1n) is 16.8. The molecule has 6 aliphatic rings. The molecule has 6 rings (SSSR count). The van der Waals surface area contributed by atoms with E-state index in [-0.39, 0.29) is 54.0 Å². The first kappa shape index (κ1) is 30.8. The van der Waals surface area contributed by atoms with Crippen LogP contribution in [0.15, 0.2) is 23.8 Å². The van der Waals surface area contributed by atoms with Crippen LogP contribution in [-0.4, -0.2) is 72.0 Å². The molecule has 10 atom stereocenters. The van der Waals surface area contributed by atoms with E-state index >= 15 is 0 Å². The Morgan fingerprint density at radius 1 is 1.21 bits per heavy atom. The van der Waals surface area contributed by atoms with E-state index in [4.69, 9.17) is 19.9 Å². The number of carbonyl (C=O) groups is 3. The molecule has 0 radical (unpaired) electrons. The maximum absolute atomic E-state index is 13.4. The lowest BCUT2D eigenvalue weighted by Gasteiger charge is -2.54. The van der Waals surface area contributed by atoms with E-state index in [1.165, 1.54) is 0 Å². The Balaban J connectivity index is 1.32. The Morgan fingerprint density at radius 3 is 2.74 bits per heavy atom. The minimum absolute atomic E-state index is 0.0535. The van der Waals surface area contributed by atoms with Crippen molar-refractivity contribution in [2.24, 2.45) is 41.2 Å². The monoisotopic (exact) mass is 598 g/mol. The van der Waals surface area contributed by atoms with Gasteiger partial charge in [0.2, 0.25) is 5.91 Å². The van der Waals surface area contributed by atoms with Crippen molar-refractivity contribution >= 4 is 17.8 Å². The molecule has 4 saturated heterocycles. The molecule has 2 aliphatic carbocycles. The summed E-state index contributed by atoms with van der Waals surface area (Å²) in [7, 11) is 0. The van der Waals surface area contributed by atoms with E-state index in [0.29, 0.717) is 49.0 Å². The number of nitrogens with zero attached hydrogens (tertiary/aromatic N) is 1. The van der Waals surface area contributed by atoms with Gasteiger partial charge in [-0.15, -0.1) is 0 Å². The van der Waals surface area contributed by atoms with Crippen molar-refractivity contribution < 1.29 is 33.9 Å². The molecule has 1 spiro atoms. The lowest BCUT2D eigenvalue weighted by atomic mass is 9.58. The van der Waals surface area contributed by atoms with E-state index in [0.717, 1.165) is 51.7 Å². The van der Waals surface area contributed by atoms with Crippen LogP contribution in [0.25, 0.3) is 0 Å². The molecule has 0 aromatic heterocycles. The number of rotatable bonds is 6. The predicted molar refractivity (Wildman–Crippen MR) is 160 cm³/mol. The minimum atomic E-state index is -0.890. The van der Waals surface area contributed by atoms with Crippen molar-refractivity contribution in [1.82, 2.24) is 4.90 Å². The fraction of sp³-hybridized carbons (Fsp3) is 0.794. The maximum atomic E-state index is 13.4. The number of hydrogen-bond donors (Lipinski definition) is 2. The van der Waals surface area contributed by atoms with Crippen LogP contribution in [0.3, 0.4) is 0 Å². The molecule has 43 heavy (non-hydrogen) atoms. The lowest BCUT2D eigenvalue weighted by Crippen LogP contribution is -2.96. The summed E-state index contributed by atoms with van der Waals surface area (Å²) >= 11 is 0. The molecule has 4 aliphatic heterocycles. The molecule has 0 aromatic carbocycles. The average molecular weight is 599 g/mol. The van der Waals surface area contributed by atoms with Gasteiger partial charge in [-0.25, -0.2) is 4.79 Å². The molecule has 9 heteroatoms. The highest BCUT2D eigenvalue weighted by atomic mass is 16.6. The summed E-state index contributed by atoms with van der Waals surface area (Å²) in [5.74, 6) is 1.27. The summed E-state index contributed by atoms with van der Waals surface area (Å²) in [6, 6.07) is 0. The molecule has 4 N–H and O–H groups in total. The first-order chi connectivity index (χ1) is 20.6. The zero-order chi connectivity index (χ0) is 30.5. The summed E-state index contributed by atoms with van der Waals surface area (Å²) in [6.45, 7) is 10.4. The summed E-state index contributed by atoms with van der Waals surface area (Å²) in [4.78, 5) is 41.0. The van der Waals surface area contributed by atoms with E-state index in [2.05, 4.69) is 31.3 Å². The molecule has 1 amide bonds. The maximum Gasteiger partial charge on any atom is 0.334 e. The van der Waals surface area contributed by atoms with Crippen LogP contribution in [0.2, 0.25) is 0 Å². The molecule has 9 nitrogen and oxygen atoms in total. The van der Waals surface area contributed by atoms with E-state index < -0.39 is 11.2 Å². The van der Waals surface area contributed by atoms with Gasteiger partial charge in [-0.3, -0.25) is 15.3 Å². The Kier molecular flexibility index (Phi) is 8.54. The smallest absolute Gasteiger partial charge is 0.334 e. The Morgan fingerprint density at radius 2 is 2.00 bits per heavy atom. The number of carbonyl (C=O) groups excluding carboxylic acids is 3. The first-order valence-corrected chi connectivity index (χ1v) is 16.8. The van der Waals surface area contributed by atoms with Gasteiger partial charge in [0, 0.05) is 62.6 Å². The number of amides is 1. The van der Waals surface area contributed by atoms with Crippen molar-refractivity contribution in [3.05, 3.63) is 23.8 Å². The summed E-state index contributed by atoms with van der Waals surface area (Å²) in [5.41, 5.74) is 5.53. The fourth-order valence-corrected chi connectivity index (χ4v) is 9.23. The second kappa shape index (κ2) is 11.9. The van der Waals surface area contributed by atoms with Crippen molar-refractivity contribution in [2.75, 3.05) is 19.6 Å². The summed E-state index contributed by atoms with van der Waals surface area (Å²) in [6.07, 6.45) is 12.7. The molecule has 238 valence electrons. The summed E-state index contributed by atoms with van der Waals surface area (Å²) in [5, 5.41) is 2.18. The average Bonchev–Trinajstić information content (AvgIpc) is 3.32. The predicted octanol–water partition coefficient (Wildman–Crippen LogP) is 2.83. The van der Waals surface area contributed by atoms with Gasteiger partial charge in [0.15, 0.2) is 0 Å². The van der Waals surface area contributed by atoms with Gasteiger partial charge in [-0.05, 0) is 70.1 Å². The zero-order valence-corrected chi connectivity index (χ0v) is 26.5. The quantitative estimate of drug-likeness (QED) is 0.274. The van der Waals surface area contributed by atoms with E-state index in [9.17, 15) is 14.4 Å². The van der Waals surface area contributed by atoms with Crippen molar-refractivity contribution in [2.45, 2.75) is 115 Å². The van der Waals surface area contributed by atoms with Crippen LogP contribution in [0.1, 0.15) is 85.5 Å². The highest BCUT2D eigenvalue weighted by molar-refractivity contribution is 5.88. The topological polar surface area (TPSA) is 125 Å². The Labute approximate surface area is 256 Å². The van der Waals surface area contributed by atoms with Gasteiger partial charge < -0.3 is 24.4 Å². The number of likely N-dealkylation sites (tertiary alicyclic amines) is 1. The second-order valence-corrected chi connectivity index (χ2v) is 14.6. The Hall–Kier alpha value is -2.23. The normalized spacial score (nSPS) is 43.0. The second-order valence-electron chi connectivity index (χ2n) is 14.6. The van der Waals surface area contributed by atoms with Crippen molar-refractivity contribution in [1.29, 1.82) is 0 Å². The zero-order valence-electron chi connectivity index (χ0n) is 26.5. The van der Waals surface area contributed by atoms with Gasteiger partial charge in [0.05, 0.1) is 12.6 Å². The molecular weight excluding hydrogens is 546 g/mol. The number of nitrogens with two attached hydrogens (primary N) is 2. The van der Waals surface area contributed by atoms with Gasteiger partial charge in [0.1, 0.15) is 23.5 Å². The van der Waals surface area contributed by atoms with Gasteiger partial charge in [0.25, 0.3) is 0 Å². The van der Waals surface area contributed by atoms with E-state index in [1.54, 1.807) is 13.0 Å². The summed E-state index contributed by atoms with van der Waals surface area (Å²) < 4.78 is 19.6. The van der Waals surface area contributed by atoms with Crippen molar-refractivity contribution in [3.8, 4) is 0 Å². The number of esters is 2. The third-order valence-corrected chi connectivity index (χ3v) is 12.1. The van der Waals surface area contributed by atoms with Crippen LogP contribution in [0, 0.1) is 35.5 Å². The van der Waals surface area contributed by atoms with Gasteiger partial charge in [-0.1, -0.05) is 25.2 Å². The highest BCUT2D eigenvalue weighted by Crippen LogP contribution is 2.59. The molecule has 0 bridgehead atoms. The minimum Gasteiger partial charge on any atom is -0.462 e. The number of hydrogen-bond acceptors (Lipinski definition) is 7. The third-order valence-electron chi connectivity index (χ3n) is 12.1. The highest BCUT2D eigenvalue weighted by Gasteiger charge is 2.66. The van der Waals surface area contributed by atoms with Gasteiger partial charge >= 0.3 is 11.9 Å². The van der Waals surface area contributed by atoms with E-state index in [1.807, 2.05) is 11.8 Å². The van der Waals surface area contributed by atoms with Gasteiger partial charge in [-0.2, -0.15) is 0 Å². The molecule has 5 fully saturated rings. The van der Waals surface area contributed by atoms with Crippen LogP contribution >= 0.6 is 0 Å². The van der Waals surface area contributed by atoms with Crippen LogP contribution in [0.5, 0.6) is 0 Å². The number of piperidine rings is 1. The number of quaternary nitrogens is 1. The Bertz CT molecular complexity index is 1160. The number of allylic oxidation sites excluding steroid dienone is 1. The number of ether oxygens (including phenoxy) is 3. The number of fused-ring (bicyclic) bond motifs is 2. The molecule has 0 aromatic rings. The molecule has 4 heterocycles. The van der Waals surface area contributed by atoms with Crippen LogP contribution in [0.4, 0.5) is 0 Å². The SMILES string of the molecule is CC=C(C)C(=O)O[C@]1(C)CC=C[C@H](C2CC(N)[NH2+]CC2CC(=O)N2CC(CC)C2)[C@@]12CC1CC3CCC(=O)OC3CC1O2. The molecule has 1 saturated carbocycles. The third kappa shape index (κ3) is 5.59. The molecule has 7 unspecified atom stereocenters. The lowest BCUT2D eigenvalue weighted by molar-refractivity contribution is -0.706. The van der Waals surface area contributed by atoms with Crippen LogP contribution < -0.4 is 11.1 Å². The fourth-order valence-electron chi connectivity index (χ4n) is 9.23. The largest absolute Gasteiger partial charge is 0.462 e. The standard InChI is InChI=1S/C34H51N3O6/c1-5-20(3)32(40)43-33(4)11-7-8-26(25-14-29(35)36-17-24(25)13-30(38)37-18-21(6-2)19-37)34(33)16-23-12-22-9-10-31(39)41-27(22)15-28(23)42-34/h5,7-8,21-29,36H,6,9-19,35H2,1-4H3/p+1/t22?,23?,24?,25?,26-,27?,28?,29?,33-,34+/m1/s1. The van der Waals surface area contributed by atoms with Crippen LogP contribution in [-0.2, 0) is 28.6 Å². The molecular formula is C34H52N3O6+.